The number of nitrogens with zero attached hydrogens (tertiary/aromatic N) is 3. The maximum atomic E-state index is 10.4. The molecule has 0 saturated carbocycles. The van der Waals surface area contributed by atoms with Gasteiger partial charge in [0.2, 0.25) is 0 Å². The monoisotopic (exact) mass is 377 g/mol. The van der Waals surface area contributed by atoms with E-state index in [0.29, 0.717) is 40.5 Å². The average molecular weight is 379 g/mol. The zero-order valence-electron chi connectivity index (χ0n) is 12.6. The molecule has 1 unspecified atom stereocenters. The number of rotatable bonds is 8. The fourth-order valence-electron chi connectivity index (χ4n) is 2.16. The fourth-order valence-corrected chi connectivity index (χ4v) is 3.08. The minimum atomic E-state index is -0.794. The third-order valence-electron chi connectivity index (χ3n) is 3.22. The molecule has 23 heavy (non-hydrogen) atoms. The first-order valence-electron chi connectivity index (χ1n) is 7.19. The molecule has 1 N–H and O–H groups in total. The van der Waals surface area contributed by atoms with Crippen molar-refractivity contribution in [3.63, 3.8) is 0 Å². The van der Waals surface area contributed by atoms with Crippen molar-refractivity contribution in [2.45, 2.75) is 19.7 Å². The number of halogens is 3. The summed E-state index contributed by atoms with van der Waals surface area (Å²) in [5.41, 5.74) is 0. The summed E-state index contributed by atoms with van der Waals surface area (Å²) in [5.74, 6) is 0.395. The van der Waals surface area contributed by atoms with E-state index in [4.69, 9.17) is 39.5 Å². The third kappa shape index (κ3) is 4.99. The number of aliphatic hydroxyl groups excluding tert-OH is 1. The van der Waals surface area contributed by atoms with E-state index in [0.717, 1.165) is 6.42 Å². The molecular formula is C15H18Cl3N3O2. The lowest BCUT2D eigenvalue weighted by molar-refractivity contribution is -0.0596. The van der Waals surface area contributed by atoms with Crippen molar-refractivity contribution in [1.82, 2.24) is 14.5 Å². The van der Waals surface area contributed by atoms with Gasteiger partial charge in [0.05, 0.1) is 16.4 Å². The Labute approximate surface area is 150 Å². The highest BCUT2D eigenvalue weighted by molar-refractivity contribution is 6.40. The molecule has 1 aromatic carbocycles. The van der Waals surface area contributed by atoms with Gasteiger partial charge in [-0.3, -0.25) is 9.47 Å². The highest BCUT2D eigenvalue weighted by atomic mass is 35.5. The molecule has 2 rings (SSSR count). The van der Waals surface area contributed by atoms with Crippen LogP contribution in [0.25, 0.3) is 0 Å². The Bertz CT molecular complexity index is 599. The Morgan fingerprint density at radius 2 is 1.96 bits per heavy atom. The Balaban J connectivity index is 1.97. The first-order valence-corrected chi connectivity index (χ1v) is 8.33. The molecule has 5 nitrogen and oxygen atoms in total. The zero-order valence-corrected chi connectivity index (χ0v) is 14.9. The molecule has 0 spiro atoms. The second-order valence-electron chi connectivity index (χ2n) is 4.94. The van der Waals surface area contributed by atoms with E-state index in [1.165, 1.54) is 0 Å². The van der Waals surface area contributed by atoms with Gasteiger partial charge in [0.15, 0.2) is 12.1 Å². The van der Waals surface area contributed by atoms with Crippen LogP contribution in [0.15, 0.2) is 30.9 Å². The molecule has 0 aliphatic rings. The summed E-state index contributed by atoms with van der Waals surface area (Å²) in [6, 6.07) is 3.16. The minimum Gasteiger partial charge on any atom is -0.489 e. The van der Waals surface area contributed by atoms with Gasteiger partial charge >= 0.3 is 0 Å². The van der Waals surface area contributed by atoms with Crippen LogP contribution < -0.4 is 4.74 Å². The van der Waals surface area contributed by atoms with Crippen LogP contribution in [0.1, 0.15) is 19.7 Å². The van der Waals surface area contributed by atoms with Crippen molar-refractivity contribution >= 4 is 34.8 Å². The molecular weight excluding hydrogens is 361 g/mol. The third-order valence-corrected chi connectivity index (χ3v) is 4.00. The molecule has 1 aromatic heterocycles. The molecule has 1 heterocycles. The zero-order chi connectivity index (χ0) is 16.8. The molecule has 0 aliphatic carbocycles. The first-order chi connectivity index (χ1) is 11.0. The minimum absolute atomic E-state index is 0.326. The summed E-state index contributed by atoms with van der Waals surface area (Å²) < 4.78 is 7.29. The van der Waals surface area contributed by atoms with E-state index in [9.17, 15) is 5.11 Å². The Morgan fingerprint density at radius 1 is 1.26 bits per heavy atom. The number of imidazole rings is 1. The van der Waals surface area contributed by atoms with Crippen molar-refractivity contribution in [3.8, 4) is 5.75 Å². The Morgan fingerprint density at radius 3 is 2.52 bits per heavy atom. The summed E-state index contributed by atoms with van der Waals surface area (Å²) in [7, 11) is 0. The number of ether oxygens (including phenoxy) is 1. The average Bonchev–Trinajstić information content (AvgIpc) is 3.02. The van der Waals surface area contributed by atoms with Gasteiger partial charge in [0, 0.05) is 30.5 Å². The van der Waals surface area contributed by atoms with Gasteiger partial charge in [-0.05, 0) is 18.6 Å². The Kier molecular flexibility index (Phi) is 6.99. The lowest BCUT2D eigenvalue weighted by Gasteiger charge is -2.28. The smallest absolute Gasteiger partial charge is 0.191 e. The van der Waals surface area contributed by atoms with Gasteiger partial charge in [-0.2, -0.15) is 0 Å². The summed E-state index contributed by atoms with van der Waals surface area (Å²) in [6.45, 7) is 3.58. The van der Waals surface area contributed by atoms with Gasteiger partial charge in [0.25, 0.3) is 0 Å². The fraction of sp³-hybridized carbons (Fsp3) is 0.400. The van der Waals surface area contributed by atoms with Crippen LogP contribution in [0.5, 0.6) is 5.75 Å². The van der Waals surface area contributed by atoms with Crippen LogP contribution in [0.2, 0.25) is 15.1 Å². The largest absolute Gasteiger partial charge is 0.489 e. The predicted octanol–water partition coefficient (Wildman–Crippen LogP) is 4.08. The van der Waals surface area contributed by atoms with Crippen molar-refractivity contribution in [2.75, 3.05) is 19.7 Å². The van der Waals surface area contributed by atoms with Crippen LogP contribution in [0.3, 0.4) is 0 Å². The highest BCUT2D eigenvalue weighted by Gasteiger charge is 2.17. The lowest BCUT2D eigenvalue weighted by Crippen LogP contribution is -2.36. The molecule has 0 bridgehead atoms. The summed E-state index contributed by atoms with van der Waals surface area (Å²) in [5, 5.41) is 11.5. The van der Waals surface area contributed by atoms with Crippen LogP contribution in [0.4, 0.5) is 0 Å². The second kappa shape index (κ2) is 8.76. The van der Waals surface area contributed by atoms with E-state index in [1.807, 2.05) is 11.8 Å². The Hall–Kier alpha value is -0.980. The molecule has 8 heteroatoms. The van der Waals surface area contributed by atoms with Crippen molar-refractivity contribution < 1.29 is 9.84 Å². The van der Waals surface area contributed by atoms with Crippen molar-refractivity contribution in [1.29, 1.82) is 0 Å². The molecule has 0 fully saturated rings. The van der Waals surface area contributed by atoms with E-state index in [2.05, 4.69) is 4.98 Å². The SMILES string of the molecule is CCCN(CCOc1c(Cl)cc(Cl)cc1Cl)C(O)n1ccnc1. The summed E-state index contributed by atoms with van der Waals surface area (Å²) in [6.07, 6.45) is 5.00. The predicted molar refractivity (Wildman–Crippen MR) is 92.3 cm³/mol. The van der Waals surface area contributed by atoms with Gasteiger partial charge in [-0.1, -0.05) is 41.7 Å². The lowest BCUT2D eigenvalue weighted by atomic mass is 10.3. The highest BCUT2D eigenvalue weighted by Crippen LogP contribution is 2.35. The molecule has 0 aliphatic heterocycles. The maximum Gasteiger partial charge on any atom is 0.191 e. The van der Waals surface area contributed by atoms with Gasteiger partial charge < -0.3 is 9.84 Å². The molecule has 0 radical (unpaired) electrons. The summed E-state index contributed by atoms with van der Waals surface area (Å²) in [4.78, 5) is 5.82. The second-order valence-corrected chi connectivity index (χ2v) is 6.19. The van der Waals surface area contributed by atoms with E-state index < -0.39 is 6.35 Å². The molecule has 1 atom stereocenters. The van der Waals surface area contributed by atoms with Gasteiger partial charge in [-0.25, -0.2) is 4.98 Å². The topological polar surface area (TPSA) is 50.5 Å². The molecule has 0 saturated heterocycles. The van der Waals surface area contributed by atoms with Gasteiger partial charge in [0.1, 0.15) is 6.61 Å². The summed E-state index contributed by atoms with van der Waals surface area (Å²) >= 11 is 18.0. The standard InChI is InChI=1S/C15H18Cl3N3O2/c1-2-4-20(15(22)21-5-3-19-10-21)6-7-23-14-12(17)8-11(16)9-13(14)18/h3,5,8-10,15,22H,2,4,6-7H2,1H3. The van der Waals surface area contributed by atoms with Gasteiger partial charge in [-0.15, -0.1) is 0 Å². The number of hydrogen-bond donors (Lipinski definition) is 1. The van der Waals surface area contributed by atoms with E-state index >= 15 is 0 Å². The van der Waals surface area contributed by atoms with Crippen LogP contribution in [-0.2, 0) is 0 Å². The van der Waals surface area contributed by atoms with E-state index in [1.54, 1.807) is 35.4 Å². The number of hydrogen-bond acceptors (Lipinski definition) is 4. The molecule has 0 amide bonds. The molecule has 2 aromatic rings. The number of benzene rings is 1. The number of aromatic nitrogens is 2. The normalized spacial score (nSPS) is 12.6. The van der Waals surface area contributed by atoms with Crippen molar-refractivity contribution in [3.05, 3.63) is 45.9 Å². The van der Waals surface area contributed by atoms with E-state index in [-0.39, 0.29) is 0 Å². The molecule has 126 valence electrons. The maximum absolute atomic E-state index is 10.4. The van der Waals surface area contributed by atoms with Crippen LogP contribution in [-0.4, -0.2) is 39.3 Å². The van der Waals surface area contributed by atoms with Crippen LogP contribution in [0, 0.1) is 0 Å². The van der Waals surface area contributed by atoms with Crippen molar-refractivity contribution in [2.24, 2.45) is 0 Å². The quantitative estimate of drug-likeness (QED) is 0.703. The number of aliphatic hydroxyl groups is 1. The van der Waals surface area contributed by atoms with Crippen LogP contribution >= 0.6 is 34.8 Å². The first kappa shape index (κ1) is 18.4.